The van der Waals surface area contributed by atoms with Crippen LogP contribution in [0.1, 0.15) is 10.5 Å². The molecule has 1 saturated heterocycles. The van der Waals surface area contributed by atoms with Crippen LogP contribution in [0.25, 0.3) is 10.9 Å². The lowest BCUT2D eigenvalue weighted by molar-refractivity contribution is -0.0175. The Labute approximate surface area is 117 Å². The van der Waals surface area contributed by atoms with Gasteiger partial charge in [-0.3, -0.25) is 9.89 Å². The number of amides is 1. The van der Waals surface area contributed by atoms with E-state index >= 15 is 0 Å². The largest absolute Gasteiger partial charge is 0.374 e. The summed E-state index contributed by atoms with van der Waals surface area (Å²) in [6.07, 6.45) is 0.0444. The van der Waals surface area contributed by atoms with Gasteiger partial charge in [-0.2, -0.15) is 5.10 Å². The third-order valence-electron chi connectivity index (χ3n) is 3.52. The van der Waals surface area contributed by atoms with E-state index in [0.29, 0.717) is 18.8 Å². The summed E-state index contributed by atoms with van der Waals surface area (Å²) in [4.78, 5) is 14.4. The van der Waals surface area contributed by atoms with Gasteiger partial charge in [0.2, 0.25) is 0 Å². The zero-order chi connectivity index (χ0) is 13.9. The van der Waals surface area contributed by atoms with Crippen LogP contribution in [0.5, 0.6) is 0 Å². The molecule has 6 heteroatoms. The number of nitrogens with one attached hydrogen (secondary N) is 2. The van der Waals surface area contributed by atoms with Gasteiger partial charge in [-0.25, -0.2) is 0 Å². The molecule has 1 aromatic carbocycles. The van der Waals surface area contributed by atoms with Gasteiger partial charge in [0.25, 0.3) is 5.91 Å². The molecule has 1 amide bonds. The van der Waals surface area contributed by atoms with Crippen LogP contribution in [0.2, 0.25) is 0 Å². The van der Waals surface area contributed by atoms with Crippen molar-refractivity contribution in [3.63, 3.8) is 0 Å². The monoisotopic (exact) mass is 274 g/mol. The summed E-state index contributed by atoms with van der Waals surface area (Å²) in [6, 6.07) is 7.60. The van der Waals surface area contributed by atoms with Gasteiger partial charge in [0.1, 0.15) is 0 Å². The molecule has 1 aliphatic rings. The number of morpholine rings is 1. The Hall–Kier alpha value is -1.92. The summed E-state index contributed by atoms with van der Waals surface area (Å²) in [7, 11) is 2.05. The highest BCUT2D eigenvalue weighted by atomic mass is 16.5. The van der Waals surface area contributed by atoms with Crippen molar-refractivity contribution < 1.29 is 9.53 Å². The average Bonchev–Trinajstić information content (AvgIpc) is 2.89. The zero-order valence-electron chi connectivity index (χ0n) is 11.4. The summed E-state index contributed by atoms with van der Waals surface area (Å²) >= 11 is 0. The molecule has 1 fully saturated rings. The Morgan fingerprint density at radius 1 is 1.55 bits per heavy atom. The minimum Gasteiger partial charge on any atom is -0.374 e. The maximum Gasteiger partial charge on any atom is 0.272 e. The van der Waals surface area contributed by atoms with Crippen molar-refractivity contribution in [3.05, 3.63) is 30.0 Å². The van der Waals surface area contributed by atoms with E-state index in [1.54, 1.807) is 0 Å². The zero-order valence-corrected chi connectivity index (χ0v) is 11.4. The van der Waals surface area contributed by atoms with E-state index in [1.165, 1.54) is 0 Å². The minimum absolute atomic E-state index is 0.0444. The number of hydrogen-bond acceptors (Lipinski definition) is 4. The van der Waals surface area contributed by atoms with Crippen molar-refractivity contribution in [1.82, 2.24) is 20.4 Å². The molecule has 20 heavy (non-hydrogen) atoms. The number of carbonyl (C=O) groups is 1. The molecule has 0 radical (unpaired) electrons. The molecule has 3 rings (SSSR count). The Balaban J connectivity index is 1.64. The SMILES string of the molecule is CN1CCOC(CNC(=O)c2n[nH]c3ccccc23)C1. The van der Waals surface area contributed by atoms with Crippen molar-refractivity contribution >= 4 is 16.8 Å². The average molecular weight is 274 g/mol. The third-order valence-corrected chi connectivity index (χ3v) is 3.52. The summed E-state index contributed by atoms with van der Waals surface area (Å²) in [6.45, 7) is 2.99. The van der Waals surface area contributed by atoms with E-state index in [9.17, 15) is 4.79 Å². The van der Waals surface area contributed by atoms with Gasteiger partial charge >= 0.3 is 0 Å². The highest BCUT2D eigenvalue weighted by Gasteiger charge is 2.20. The van der Waals surface area contributed by atoms with Crippen LogP contribution in [0.4, 0.5) is 0 Å². The number of rotatable bonds is 3. The number of H-pyrrole nitrogens is 1. The second kappa shape index (κ2) is 5.60. The van der Waals surface area contributed by atoms with Crippen molar-refractivity contribution in [2.24, 2.45) is 0 Å². The fraction of sp³-hybridized carbons (Fsp3) is 0.429. The molecule has 2 N–H and O–H groups in total. The first-order valence-electron chi connectivity index (χ1n) is 6.75. The fourth-order valence-corrected chi connectivity index (χ4v) is 2.42. The molecule has 0 saturated carbocycles. The van der Waals surface area contributed by atoms with Gasteiger partial charge in [0.05, 0.1) is 18.2 Å². The van der Waals surface area contributed by atoms with Crippen LogP contribution >= 0.6 is 0 Å². The Morgan fingerprint density at radius 3 is 3.25 bits per heavy atom. The Morgan fingerprint density at radius 2 is 2.40 bits per heavy atom. The maximum atomic E-state index is 12.2. The number of aromatic amines is 1. The number of hydrogen-bond donors (Lipinski definition) is 2. The van der Waals surface area contributed by atoms with Gasteiger partial charge < -0.3 is 15.0 Å². The lowest BCUT2D eigenvalue weighted by atomic mass is 10.2. The molecule has 1 aliphatic heterocycles. The normalized spacial score (nSPS) is 20.1. The van der Waals surface area contributed by atoms with Crippen molar-refractivity contribution in [2.75, 3.05) is 33.3 Å². The highest BCUT2D eigenvalue weighted by molar-refractivity contribution is 6.04. The lowest BCUT2D eigenvalue weighted by Gasteiger charge is -2.29. The molecule has 106 valence electrons. The van der Waals surface area contributed by atoms with Crippen molar-refractivity contribution in [2.45, 2.75) is 6.10 Å². The number of likely N-dealkylation sites (N-methyl/N-ethyl adjacent to an activating group) is 1. The van der Waals surface area contributed by atoms with Gasteiger partial charge in [-0.15, -0.1) is 0 Å². The summed E-state index contributed by atoms with van der Waals surface area (Å²) in [5, 5.41) is 10.7. The third kappa shape index (κ3) is 2.66. The maximum absolute atomic E-state index is 12.2. The summed E-state index contributed by atoms with van der Waals surface area (Å²) in [5.74, 6) is -0.167. The van der Waals surface area contributed by atoms with E-state index in [0.717, 1.165) is 24.0 Å². The molecular weight excluding hydrogens is 256 g/mol. The number of aromatic nitrogens is 2. The topological polar surface area (TPSA) is 70.2 Å². The second-order valence-corrected chi connectivity index (χ2v) is 5.08. The first-order chi connectivity index (χ1) is 9.74. The van der Waals surface area contributed by atoms with Gasteiger partial charge in [0, 0.05) is 25.0 Å². The predicted octanol–water partition coefficient (Wildman–Crippen LogP) is 0.623. The van der Waals surface area contributed by atoms with Crippen molar-refractivity contribution in [3.8, 4) is 0 Å². The number of nitrogens with zero attached hydrogens (tertiary/aromatic N) is 2. The number of para-hydroxylation sites is 1. The highest BCUT2D eigenvalue weighted by Crippen LogP contribution is 2.14. The quantitative estimate of drug-likeness (QED) is 0.861. The standard InChI is InChI=1S/C14H18N4O2/c1-18-6-7-20-10(9-18)8-15-14(19)13-11-4-2-3-5-12(11)16-17-13/h2-5,10H,6-9H2,1H3,(H,15,19)(H,16,17). The molecule has 1 atom stereocenters. The Kier molecular flexibility index (Phi) is 3.66. The van der Waals surface area contributed by atoms with Gasteiger partial charge in [0.15, 0.2) is 5.69 Å². The molecule has 0 aliphatic carbocycles. The van der Waals surface area contributed by atoms with E-state index < -0.39 is 0 Å². The Bertz CT molecular complexity index is 610. The summed E-state index contributed by atoms with van der Waals surface area (Å²) in [5.41, 5.74) is 1.30. The first-order valence-corrected chi connectivity index (χ1v) is 6.75. The first kappa shape index (κ1) is 13.1. The fourth-order valence-electron chi connectivity index (χ4n) is 2.42. The van der Waals surface area contributed by atoms with Crippen LogP contribution in [-0.4, -0.2) is 60.4 Å². The molecule has 1 unspecified atom stereocenters. The van der Waals surface area contributed by atoms with Crippen LogP contribution in [0, 0.1) is 0 Å². The number of ether oxygens (including phenoxy) is 1. The van der Waals surface area contributed by atoms with Gasteiger partial charge in [-0.1, -0.05) is 18.2 Å². The van der Waals surface area contributed by atoms with Crippen LogP contribution in [0.15, 0.2) is 24.3 Å². The molecule has 0 spiro atoms. The lowest BCUT2D eigenvalue weighted by Crippen LogP contribution is -2.46. The van der Waals surface area contributed by atoms with Crippen LogP contribution in [0.3, 0.4) is 0 Å². The van der Waals surface area contributed by atoms with Crippen molar-refractivity contribution in [1.29, 1.82) is 0 Å². The summed E-state index contributed by atoms with van der Waals surface area (Å²) < 4.78 is 5.62. The number of benzene rings is 1. The van der Waals surface area contributed by atoms with E-state index in [1.807, 2.05) is 24.3 Å². The molecule has 0 bridgehead atoms. The van der Waals surface area contributed by atoms with Crippen LogP contribution in [-0.2, 0) is 4.74 Å². The second-order valence-electron chi connectivity index (χ2n) is 5.08. The number of carbonyl (C=O) groups excluding carboxylic acids is 1. The van der Waals surface area contributed by atoms with E-state index in [4.69, 9.17) is 4.74 Å². The molecule has 2 heterocycles. The van der Waals surface area contributed by atoms with Gasteiger partial charge in [-0.05, 0) is 13.1 Å². The smallest absolute Gasteiger partial charge is 0.272 e. The molecule has 6 nitrogen and oxygen atoms in total. The molecule has 2 aromatic rings. The molecular formula is C14H18N4O2. The number of fused-ring (bicyclic) bond motifs is 1. The minimum atomic E-state index is -0.167. The van der Waals surface area contributed by atoms with Crippen LogP contribution < -0.4 is 5.32 Å². The van der Waals surface area contributed by atoms with E-state index in [-0.39, 0.29) is 12.0 Å². The van der Waals surface area contributed by atoms with E-state index in [2.05, 4.69) is 27.5 Å². The molecule has 1 aromatic heterocycles. The predicted molar refractivity (Wildman–Crippen MR) is 75.7 cm³/mol.